The van der Waals surface area contributed by atoms with E-state index >= 15 is 0 Å². The molecule has 0 aliphatic carbocycles. The zero-order valence-corrected chi connectivity index (χ0v) is 5.93. The smallest absolute Gasteiger partial charge is 0.0679 e. The second-order valence-electron chi connectivity index (χ2n) is 2.78. The standard InChI is InChI=1S/C7H15NO/c1-2-3-6-4-7(9)5-8-6/h6-9H,2-5H2,1H3. The molecule has 54 valence electrons. The molecule has 0 aromatic heterocycles. The molecule has 1 fully saturated rings. The van der Waals surface area contributed by atoms with E-state index in [4.69, 9.17) is 5.11 Å². The van der Waals surface area contributed by atoms with Gasteiger partial charge in [-0.3, -0.25) is 0 Å². The highest BCUT2D eigenvalue weighted by Crippen LogP contribution is 2.10. The highest BCUT2D eigenvalue weighted by molar-refractivity contribution is 4.80. The molecule has 0 spiro atoms. The lowest BCUT2D eigenvalue weighted by molar-refractivity contribution is 0.192. The van der Waals surface area contributed by atoms with Gasteiger partial charge < -0.3 is 10.4 Å². The van der Waals surface area contributed by atoms with Gasteiger partial charge in [-0.2, -0.15) is 0 Å². The lowest BCUT2D eigenvalue weighted by atomic mass is 10.1. The SMILES string of the molecule is CCCC1CC(O)CN1. The Bertz CT molecular complexity index is 83.0. The number of β-amino-alcohol motifs (C(OH)–C–C–N with tert-alkyl or cyclic N) is 1. The van der Waals surface area contributed by atoms with Gasteiger partial charge in [0.25, 0.3) is 0 Å². The molecule has 1 heterocycles. The van der Waals surface area contributed by atoms with Crippen LogP contribution in [0.1, 0.15) is 26.2 Å². The Kier molecular flexibility index (Phi) is 2.49. The molecule has 0 aromatic rings. The van der Waals surface area contributed by atoms with Crippen molar-refractivity contribution in [2.24, 2.45) is 0 Å². The van der Waals surface area contributed by atoms with Gasteiger partial charge in [-0.1, -0.05) is 13.3 Å². The minimum atomic E-state index is -0.0819. The summed E-state index contributed by atoms with van der Waals surface area (Å²) in [6.07, 6.45) is 3.29. The molecule has 2 N–H and O–H groups in total. The molecule has 1 aliphatic heterocycles. The molecule has 0 saturated carbocycles. The van der Waals surface area contributed by atoms with Crippen molar-refractivity contribution >= 4 is 0 Å². The lowest BCUT2D eigenvalue weighted by Crippen LogP contribution is -2.20. The van der Waals surface area contributed by atoms with Crippen LogP contribution >= 0.6 is 0 Å². The van der Waals surface area contributed by atoms with Crippen molar-refractivity contribution in [2.75, 3.05) is 6.54 Å². The number of hydrogen-bond acceptors (Lipinski definition) is 2. The molecule has 1 aliphatic rings. The van der Waals surface area contributed by atoms with Crippen molar-refractivity contribution < 1.29 is 5.11 Å². The van der Waals surface area contributed by atoms with Crippen LogP contribution in [0.25, 0.3) is 0 Å². The van der Waals surface area contributed by atoms with Crippen LogP contribution in [-0.2, 0) is 0 Å². The average Bonchev–Trinajstić information content (AvgIpc) is 2.17. The van der Waals surface area contributed by atoms with Crippen molar-refractivity contribution in [2.45, 2.75) is 38.3 Å². The van der Waals surface area contributed by atoms with Gasteiger partial charge >= 0.3 is 0 Å². The first-order chi connectivity index (χ1) is 4.33. The van der Waals surface area contributed by atoms with Crippen LogP contribution in [0.5, 0.6) is 0 Å². The van der Waals surface area contributed by atoms with Crippen LogP contribution in [0, 0.1) is 0 Å². The summed E-state index contributed by atoms with van der Waals surface area (Å²) in [6.45, 7) is 2.97. The maximum absolute atomic E-state index is 9.06. The van der Waals surface area contributed by atoms with E-state index in [0.717, 1.165) is 13.0 Å². The number of aliphatic hydroxyl groups excluding tert-OH is 1. The van der Waals surface area contributed by atoms with Crippen LogP contribution in [0.4, 0.5) is 0 Å². The average molecular weight is 129 g/mol. The predicted octanol–water partition coefficient (Wildman–Crippen LogP) is 0.509. The molecule has 0 radical (unpaired) electrons. The molecule has 2 unspecified atom stereocenters. The van der Waals surface area contributed by atoms with Crippen LogP contribution < -0.4 is 5.32 Å². The Labute approximate surface area is 56.3 Å². The molecule has 0 aromatic carbocycles. The van der Waals surface area contributed by atoms with Crippen LogP contribution in [0.2, 0.25) is 0 Å². The third kappa shape index (κ3) is 1.95. The Balaban J connectivity index is 2.14. The minimum Gasteiger partial charge on any atom is -0.392 e. The molecule has 0 amide bonds. The summed E-state index contributed by atoms with van der Waals surface area (Å²) in [7, 11) is 0. The summed E-state index contributed by atoms with van der Waals surface area (Å²) in [4.78, 5) is 0. The number of hydrogen-bond donors (Lipinski definition) is 2. The van der Waals surface area contributed by atoms with E-state index in [0.29, 0.717) is 6.04 Å². The summed E-state index contributed by atoms with van der Waals surface area (Å²) in [6, 6.07) is 0.588. The lowest BCUT2D eigenvalue weighted by Gasteiger charge is -2.05. The Morgan fingerprint density at radius 1 is 1.67 bits per heavy atom. The zero-order valence-electron chi connectivity index (χ0n) is 5.93. The molecule has 1 saturated heterocycles. The fourth-order valence-corrected chi connectivity index (χ4v) is 1.37. The van der Waals surface area contributed by atoms with Gasteiger partial charge in [0.15, 0.2) is 0 Å². The number of nitrogens with one attached hydrogen (secondary N) is 1. The number of aliphatic hydroxyl groups is 1. The first-order valence-corrected chi connectivity index (χ1v) is 3.74. The molecule has 2 nitrogen and oxygen atoms in total. The minimum absolute atomic E-state index is 0.0819. The number of rotatable bonds is 2. The monoisotopic (exact) mass is 129 g/mol. The van der Waals surface area contributed by atoms with Crippen LogP contribution in [0.15, 0.2) is 0 Å². The molecular weight excluding hydrogens is 114 g/mol. The maximum atomic E-state index is 9.06. The third-order valence-electron chi connectivity index (χ3n) is 1.84. The first kappa shape index (κ1) is 7.03. The van der Waals surface area contributed by atoms with Crippen LogP contribution in [-0.4, -0.2) is 23.8 Å². The molecule has 0 bridgehead atoms. The maximum Gasteiger partial charge on any atom is 0.0679 e. The first-order valence-electron chi connectivity index (χ1n) is 3.74. The van der Waals surface area contributed by atoms with E-state index in [1.165, 1.54) is 12.8 Å². The van der Waals surface area contributed by atoms with Gasteiger partial charge in [0.2, 0.25) is 0 Å². The fraction of sp³-hybridized carbons (Fsp3) is 1.00. The molecule has 9 heavy (non-hydrogen) atoms. The molecular formula is C7H15NO. The Hall–Kier alpha value is -0.0800. The third-order valence-corrected chi connectivity index (χ3v) is 1.84. The summed E-state index contributed by atoms with van der Waals surface area (Å²) in [5.41, 5.74) is 0. The van der Waals surface area contributed by atoms with Crippen LogP contribution in [0.3, 0.4) is 0 Å². The highest BCUT2D eigenvalue weighted by atomic mass is 16.3. The molecule has 2 atom stereocenters. The quantitative estimate of drug-likeness (QED) is 0.569. The Morgan fingerprint density at radius 3 is 2.89 bits per heavy atom. The molecule has 1 rings (SSSR count). The Morgan fingerprint density at radius 2 is 2.44 bits per heavy atom. The summed E-state index contributed by atoms with van der Waals surface area (Å²) in [5, 5.41) is 12.3. The van der Waals surface area contributed by atoms with E-state index < -0.39 is 0 Å². The normalized spacial score (nSPS) is 35.3. The second kappa shape index (κ2) is 3.18. The van der Waals surface area contributed by atoms with E-state index in [9.17, 15) is 0 Å². The zero-order chi connectivity index (χ0) is 6.69. The largest absolute Gasteiger partial charge is 0.392 e. The second-order valence-corrected chi connectivity index (χ2v) is 2.78. The summed E-state index contributed by atoms with van der Waals surface area (Å²) >= 11 is 0. The van der Waals surface area contributed by atoms with Gasteiger partial charge in [-0.25, -0.2) is 0 Å². The van der Waals surface area contributed by atoms with Crippen molar-refractivity contribution in [3.8, 4) is 0 Å². The van der Waals surface area contributed by atoms with Gasteiger partial charge in [-0.05, 0) is 12.8 Å². The summed E-state index contributed by atoms with van der Waals surface area (Å²) < 4.78 is 0. The van der Waals surface area contributed by atoms with Crippen molar-refractivity contribution in [3.63, 3.8) is 0 Å². The van der Waals surface area contributed by atoms with Crippen molar-refractivity contribution in [1.82, 2.24) is 5.32 Å². The topological polar surface area (TPSA) is 32.3 Å². The molecule has 2 heteroatoms. The van der Waals surface area contributed by atoms with Gasteiger partial charge in [-0.15, -0.1) is 0 Å². The summed E-state index contributed by atoms with van der Waals surface area (Å²) in [5.74, 6) is 0. The highest BCUT2D eigenvalue weighted by Gasteiger charge is 2.20. The van der Waals surface area contributed by atoms with Gasteiger partial charge in [0.1, 0.15) is 0 Å². The van der Waals surface area contributed by atoms with Gasteiger partial charge in [0.05, 0.1) is 6.10 Å². The van der Waals surface area contributed by atoms with E-state index in [-0.39, 0.29) is 6.10 Å². The fourth-order valence-electron chi connectivity index (χ4n) is 1.37. The van der Waals surface area contributed by atoms with Gasteiger partial charge in [0, 0.05) is 12.6 Å². The van der Waals surface area contributed by atoms with E-state index in [1.807, 2.05) is 0 Å². The van der Waals surface area contributed by atoms with Crippen molar-refractivity contribution in [1.29, 1.82) is 0 Å². The predicted molar refractivity (Wildman–Crippen MR) is 37.3 cm³/mol. The van der Waals surface area contributed by atoms with Crippen molar-refractivity contribution in [3.05, 3.63) is 0 Å². The van der Waals surface area contributed by atoms with E-state index in [1.54, 1.807) is 0 Å². The van der Waals surface area contributed by atoms with E-state index in [2.05, 4.69) is 12.2 Å².